The Balaban J connectivity index is 1.68. The van der Waals surface area contributed by atoms with Crippen LogP contribution in [0.25, 0.3) is 0 Å². The number of hydrogen-bond donors (Lipinski definition) is 1. The van der Waals surface area contributed by atoms with Gasteiger partial charge in [-0.1, -0.05) is 36.4 Å². The average Bonchev–Trinajstić information content (AvgIpc) is 2.68. The van der Waals surface area contributed by atoms with Crippen molar-refractivity contribution in [3.63, 3.8) is 0 Å². The Morgan fingerprint density at radius 2 is 1.80 bits per heavy atom. The number of piperazine rings is 1. The molecule has 2 aliphatic heterocycles. The second-order valence-corrected chi connectivity index (χ2v) is 9.61. The summed E-state index contributed by atoms with van der Waals surface area (Å²) < 4.78 is 5.33. The van der Waals surface area contributed by atoms with Crippen LogP contribution in [-0.2, 0) is 11.2 Å². The highest BCUT2D eigenvalue weighted by Crippen LogP contribution is 2.39. The molecule has 5 heteroatoms. The number of carbonyl (C=O) groups excluding carboxylic acids is 1. The Kier molecular flexibility index (Phi) is 5.60. The van der Waals surface area contributed by atoms with Gasteiger partial charge >= 0.3 is 0 Å². The summed E-state index contributed by atoms with van der Waals surface area (Å²) in [4.78, 5) is 18.3. The summed E-state index contributed by atoms with van der Waals surface area (Å²) in [5, 5.41) is 3.21. The Hall–Kier alpha value is -2.37. The topological polar surface area (TPSA) is 44.8 Å². The number of likely N-dealkylation sites (N-methyl/N-ethyl adjacent to an activating group) is 1. The first-order chi connectivity index (χ1) is 14.3. The zero-order valence-electron chi connectivity index (χ0n) is 18.7. The summed E-state index contributed by atoms with van der Waals surface area (Å²) in [6.45, 7) is 7.80. The maximum absolute atomic E-state index is 13.5. The summed E-state index contributed by atoms with van der Waals surface area (Å²) >= 11 is 0. The van der Waals surface area contributed by atoms with Gasteiger partial charge in [-0.25, -0.2) is 0 Å². The lowest BCUT2D eigenvalue weighted by molar-refractivity contribution is -0.130. The fourth-order valence-corrected chi connectivity index (χ4v) is 4.87. The van der Waals surface area contributed by atoms with E-state index in [1.165, 1.54) is 11.1 Å². The summed E-state index contributed by atoms with van der Waals surface area (Å²) in [6, 6.07) is 17.1. The predicted octanol–water partition coefficient (Wildman–Crippen LogP) is 3.56. The molecule has 2 aliphatic rings. The molecule has 0 radical (unpaired) electrons. The van der Waals surface area contributed by atoms with Crippen molar-refractivity contribution in [1.29, 1.82) is 0 Å². The Morgan fingerprint density at radius 3 is 2.47 bits per heavy atom. The van der Waals surface area contributed by atoms with Crippen LogP contribution in [0.1, 0.15) is 49.5 Å². The van der Waals surface area contributed by atoms with Gasteiger partial charge in [-0.05, 0) is 63.1 Å². The largest absolute Gasteiger partial charge is 0.497 e. The molecule has 2 aromatic rings. The average molecular weight is 408 g/mol. The van der Waals surface area contributed by atoms with Gasteiger partial charge in [-0.3, -0.25) is 14.6 Å². The Bertz CT molecular complexity index is 903. The number of ether oxygens (including phenoxy) is 1. The SMILES string of the molecule is COc1ccc(C(C(=O)NC(C)(C)C)N2C[C@H]3Cc4ccccc4[C@@H](C2)N3C)cc1. The van der Waals surface area contributed by atoms with Crippen LogP contribution in [0.4, 0.5) is 0 Å². The van der Waals surface area contributed by atoms with E-state index in [9.17, 15) is 4.79 Å². The lowest BCUT2D eigenvalue weighted by Gasteiger charge is -2.51. The van der Waals surface area contributed by atoms with Crippen molar-refractivity contribution in [2.75, 3.05) is 27.2 Å². The fourth-order valence-electron chi connectivity index (χ4n) is 4.87. The highest BCUT2D eigenvalue weighted by atomic mass is 16.5. The quantitative estimate of drug-likeness (QED) is 0.842. The zero-order chi connectivity index (χ0) is 21.5. The molecule has 2 bridgehead atoms. The summed E-state index contributed by atoms with van der Waals surface area (Å²) in [7, 11) is 3.89. The van der Waals surface area contributed by atoms with Crippen LogP contribution in [0.5, 0.6) is 5.75 Å². The van der Waals surface area contributed by atoms with Crippen LogP contribution >= 0.6 is 0 Å². The third-order valence-corrected chi connectivity index (χ3v) is 6.33. The van der Waals surface area contributed by atoms with Gasteiger partial charge in [-0.2, -0.15) is 0 Å². The second-order valence-electron chi connectivity index (χ2n) is 9.61. The van der Waals surface area contributed by atoms with Crippen molar-refractivity contribution in [1.82, 2.24) is 15.1 Å². The van der Waals surface area contributed by atoms with Gasteiger partial charge < -0.3 is 10.1 Å². The van der Waals surface area contributed by atoms with Crippen LogP contribution in [0.2, 0.25) is 0 Å². The first-order valence-corrected chi connectivity index (χ1v) is 10.8. The second kappa shape index (κ2) is 8.05. The van der Waals surface area contributed by atoms with Gasteiger partial charge in [0.05, 0.1) is 7.11 Å². The Labute approximate surface area is 180 Å². The van der Waals surface area contributed by atoms with Crippen LogP contribution in [0, 0.1) is 0 Å². The van der Waals surface area contributed by atoms with Crippen molar-refractivity contribution in [2.24, 2.45) is 0 Å². The van der Waals surface area contributed by atoms with Crippen molar-refractivity contribution < 1.29 is 9.53 Å². The maximum atomic E-state index is 13.5. The third kappa shape index (κ3) is 4.09. The molecule has 2 heterocycles. The molecule has 160 valence electrons. The first kappa shape index (κ1) is 20.9. The molecule has 0 aromatic heterocycles. The molecular weight excluding hydrogens is 374 g/mol. The smallest absolute Gasteiger partial charge is 0.242 e. The lowest BCUT2D eigenvalue weighted by atomic mass is 9.84. The molecule has 0 spiro atoms. The molecule has 5 nitrogen and oxygen atoms in total. The highest BCUT2D eigenvalue weighted by molar-refractivity contribution is 5.84. The van der Waals surface area contributed by atoms with Gasteiger partial charge in [0.1, 0.15) is 11.8 Å². The van der Waals surface area contributed by atoms with Crippen molar-refractivity contribution >= 4 is 5.91 Å². The molecular formula is C25H33N3O2. The van der Waals surface area contributed by atoms with E-state index in [-0.39, 0.29) is 17.5 Å². The minimum absolute atomic E-state index is 0.0589. The highest BCUT2D eigenvalue weighted by Gasteiger charge is 2.42. The van der Waals surface area contributed by atoms with Crippen LogP contribution in [0.3, 0.4) is 0 Å². The number of methoxy groups -OCH3 is 1. The number of nitrogens with zero attached hydrogens (tertiary/aromatic N) is 2. The van der Waals surface area contributed by atoms with Crippen LogP contribution in [0.15, 0.2) is 48.5 Å². The van der Waals surface area contributed by atoms with E-state index >= 15 is 0 Å². The monoisotopic (exact) mass is 407 g/mol. The fraction of sp³-hybridized carbons (Fsp3) is 0.480. The molecule has 30 heavy (non-hydrogen) atoms. The number of benzene rings is 2. The number of carbonyl (C=O) groups is 1. The standard InChI is InChI=1S/C25H33N3O2/c1-25(2,3)26-24(29)23(17-10-12-20(30-5)13-11-17)28-15-19-14-18-8-6-7-9-21(18)22(16-28)27(19)4/h6-13,19,22-23H,14-16H2,1-5H3,(H,26,29)/t19-,22-,23?/m1/s1. The van der Waals surface area contributed by atoms with E-state index < -0.39 is 0 Å². The molecule has 0 saturated carbocycles. The van der Waals surface area contributed by atoms with Gasteiger partial charge in [0.15, 0.2) is 0 Å². The van der Waals surface area contributed by atoms with Crippen molar-refractivity contribution in [2.45, 2.75) is 50.9 Å². The normalized spacial score (nSPS) is 22.8. The van der Waals surface area contributed by atoms with E-state index in [1.807, 2.05) is 45.0 Å². The number of fused-ring (bicyclic) bond motifs is 4. The minimum atomic E-state index is -0.320. The first-order valence-electron chi connectivity index (χ1n) is 10.8. The van der Waals surface area contributed by atoms with Gasteiger partial charge in [0.2, 0.25) is 5.91 Å². The third-order valence-electron chi connectivity index (χ3n) is 6.33. The number of hydrogen-bond acceptors (Lipinski definition) is 4. The lowest BCUT2D eigenvalue weighted by Crippen LogP contribution is -2.59. The molecule has 1 fully saturated rings. The molecule has 1 unspecified atom stereocenters. The summed E-state index contributed by atoms with van der Waals surface area (Å²) in [6.07, 6.45) is 1.02. The zero-order valence-corrected chi connectivity index (χ0v) is 18.7. The van der Waals surface area contributed by atoms with Gasteiger partial charge in [0.25, 0.3) is 0 Å². The maximum Gasteiger partial charge on any atom is 0.242 e. The number of amides is 1. The van der Waals surface area contributed by atoms with Gasteiger partial charge in [0, 0.05) is 30.7 Å². The van der Waals surface area contributed by atoms with Crippen LogP contribution in [-0.4, -0.2) is 54.5 Å². The number of nitrogens with one attached hydrogen (secondary N) is 1. The van der Waals surface area contributed by atoms with E-state index in [2.05, 4.69) is 46.4 Å². The molecule has 4 rings (SSSR count). The molecule has 1 saturated heterocycles. The molecule has 1 N–H and O–H groups in total. The van der Waals surface area contributed by atoms with E-state index in [0.717, 1.165) is 30.8 Å². The van der Waals surface area contributed by atoms with Gasteiger partial charge in [-0.15, -0.1) is 0 Å². The molecule has 3 atom stereocenters. The summed E-state index contributed by atoms with van der Waals surface area (Å²) in [5.41, 5.74) is 3.57. The van der Waals surface area contributed by atoms with Crippen LogP contribution < -0.4 is 10.1 Å². The minimum Gasteiger partial charge on any atom is -0.497 e. The van der Waals surface area contributed by atoms with E-state index in [4.69, 9.17) is 4.74 Å². The molecule has 1 amide bonds. The predicted molar refractivity (Wildman–Crippen MR) is 120 cm³/mol. The molecule has 2 aromatic carbocycles. The van der Waals surface area contributed by atoms with Crippen molar-refractivity contribution in [3.8, 4) is 5.75 Å². The van der Waals surface area contributed by atoms with Crippen molar-refractivity contribution in [3.05, 3.63) is 65.2 Å². The van der Waals surface area contributed by atoms with E-state index in [1.54, 1.807) is 7.11 Å². The summed E-state index contributed by atoms with van der Waals surface area (Å²) in [5.74, 6) is 0.862. The number of rotatable bonds is 4. The molecule has 0 aliphatic carbocycles. The van der Waals surface area contributed by atoms with E-state index in [0.29, 0.717) is 12.1 Å². The Morgan fingerprint density at radius 1 is 1.10 bits per heavy atom.